The van der Waals surface area contributed by atoms with Crippen molar-refractivity contribution in [3.8, 4) is 0 Å². The molecule has 0 saturated heterocycles. The van der Waals surface area contributed by atoms with Crippen LogP contribution in [0.15, 0.2) is 18.3 Å². The standard InChI is InChI=1S/C14H19N3O2/c1-4-5-8-16(3)11-6-7-12-13(14(18)19)15-10(2)17(12)9-11/h6-7,9H,4-5,8H2,1-3H3,(H,18,19). The monoisotopic (exact) mass is 261 g/mol. The van der Waals surface area contributed by atoms with E-state index in [1.54, 1.807) is 0 Å². The Balaban J connectivity index is 2.41. The van der Waals surface area contributed by atoms with Crippen molar-refractivity contribution in [2.45, 2.75) is 26.7 Å². The lowest BCUT2D eigenvalue weighted by atomic mass is 10.2. The molecule has 1 N–H and O–H groups in total. The third-order valence-electron chi connectivity index (χ3n) is 3.29. The van der Waals surface area contributed by atoms with Gasteiger partial charge in [-0.25, -0.2) is 9.78 Å². The van der Waals surface area contributed by atoms with Crippen LogP contribution < -0.4 is 4.90 Å². The lowest BCUT2D eigenvalue weighted by Gasteiger charge is -2.19. The molecule has 0 amide bonds. The number of hydrogen-bond acceptors (Lipinski definition) is 3. The van der Waals surface area contributed by atoms with Crippen molar-refractivity contribution in [2.75, 3.05) is 18.5 Å². The van der Waals surface area contributed by atoms with Crippen LogP contribution in [0.3, 0.4) is 0 Å². The van der Waals surface area contributed by atoms with Crippen LogP contribution in [0.25, 0.3) is 5.52 Å². The molecule has 0 atom stereocenters. The Morgan fingerprint density at radius 1 is 1.47 bits per heavy atom. The second-order valence-corrected chi connectivity index (χ2v) is 4.73. The van der Waals surface area contributed by atoms with E-state index in [4.69, 9.17) is 5.11 Å². The number of carboxylic acids is 1. The molecule has 102 valence electrons. The van der Waals surface area contributed by atoms with Gasteiger partial charge in [-0.15, -0.1) is 0 Å². The normalized spacial score (nSPS) is 10.9. The second-order valence-electron chi connectivity index (χ2n) is 4.73. The van der Waals surface area contributed by atoms with E-state index in [9.17, 15) is 4.79 Å². The summed E-state index contributed by atoms with van der Waals surface area (Å²) in [5.74, 6) is -0.296. The summed E-state index contributed by atoms with van der Waals surface area (Å²) in [6.45, 7) is 4.97. The van der Waals surface area contributed by atoms with Crippen molar-refractivity contribution in [3.63, 3.8) is 0 Å². The molecule has 0 aliphatic rings. The minimum absolute atomic E-state index is 0.111. The highest BCUT2D eigenvalue weighted by Gasteiger charge is 2.15. The van der Waals surface area contributed by atoms with Gasteiger partial charge in [-0.3, -0.25) is 0 Å². The topological polar surface area (TPSA) is 57.8 Å². The van der Waals surface area contributed by atoms with Crippen LogP contribution in [0.2, 0.25) is 0 Å². The van der Waals surface area contributed by atoms with Crippen molar-refractivity contribution < 1.29 is 9.90 Å². The Hall–Kier alpha value is -2.04. The number of aromatic nitrogens is 2. The Labute approximate surface area is 112 Å². The number of carboxylic acid groups (broad SMARTS) is 1. The van der Waals surface area contributed by atoms with E-state index in [1.807, 2.05) is 36.7 Å². The molecule has 5 nitrogen and oxygen atoms in total. The SMILES string of the molecule is CCCCN(C)c1ccc2c(C(=O)O)nc(C)n2c1. The van der Waals surface area contributed by atoms with Crippen molar-refractivity contribution >= 4 is 17.2 Å². The Morgan fingerprint density at radius 2 is 2.21 bits per heavy atom. The third kappa shape index (κ3) is 2.54. The lowest BCUT2D eigenvalue weighted by Crippen LogP contribution is -2.18. The maximum atomic E-state index is 11.1. The van der Waals surface area contributed by atoms with Crippen LogP contribution in [0.1, 0.15) is 36.1 Å². The van der Waals surface area contributed by atoms with Gasteiger partial charge in [-0.2, -0.15) is 0 Å². The van der Waals surface area contributed by atoms with Gasteiger partial charge in [0, 0.05) is 19.8 Å². The molecule has 2 heterocycles. The highest BCUT2D eigenvalue weighted by molar-refractivity contribution is 5.93. The molecule has 0 unspecified atom stereocenters. The highest BCUT2D eigenvalue weighted by Crippen LogP contribution is 2.19. The van der Waals surface area contributed by atoms with Gasteiger partial charge >= 0.3 is 5.97 Å². The Kier molecular flexibility index (Phi) is 3.74. The fraction of sp³-hybridized carbons (Fsp3) is 0.429. The number of anilines is 1. The van der Waals surface area contributed by atoms with E-state index in [0.717, 1.165) is 25.1 Å². The number of aryl methyl sites for hydroxylation is 1. The summed E-state index contributed by atoms with van der Waals surface area (Å²) >= 11 is 0. The van der Waals surface area contributed by atoms with Crippen molar-refractivity contribution in [3.05, 3.63) is 29.8 Å². The molecule has 2 aromatic rings. The number of unbranched alkanes of at least 4 members (excludes halogenated alkanes) is 1. The van der Waals surface area contributed by atoms with Crippen molar-refractivity contribution in [2.24, 2.45) is 0 Å². The van der Waals surface area contributed by atoms with Crippen LogP contribution in [-0.2, 0) is 0 Å². The van der Waals surface area contributed by atoms with Crippen molar-refractivity contribution in [1.82, 2.24) is 9.38 Å². The first-order valence-electron chi connectivity index (χ1n) is 6.47. The fourth-order valence-electron chi connectivity index (χ4n) is 2.13. The molecule has 19 heavy (non-hydrogen) atoms. The summed E-state index contributed by atoms with van der Waals surface area (Å²) in [4.78, 5) is 17.4. The molecule has 0 saturated carbocycles. The first-order valence-corrected chi connectivity index (χ1v) is 6.47. The number of nitrogens with zero attached hydrogens (tertiary/aromatic N) is 3. The number of hydrogen-bond donors (Lipinski definition) is 1. The van der Waals surface area contributed by atoms with Crippen LogP contribution >= 0.6 is 0 Å². The largest absolute Gasteiger partial charge is 0.476 e. The summed E-state index contributed by atoms with van der Waals surface area (Å²) in [6, 6.07) is 3.76. The molecule has 2 aromatic heterocycles. The average molecular weight is 261 g/mol. The van der Waals surface area contributed by atoms with Gasteiger partial charge in [-0.05, 0) is 25.5 Å². The van der Waals surface area contributed by atoms with Crippen LogP contribution in [0.4, 0.5) is 5.69 Å². The van der Waals surface area contributed by atoms with Gasteiger partial charge in [0.1, 0.15) is 5.82 Å². The summed E-state index contributed by atoms with van der Waals surface area (Å²) in [5.41, 5.74) is 1.82. The number of imidazole rings is 1. The Bertz CT molecular complexity index is 604. The minimum Gasteiger partial charge on any atom is -0.476 e. The molecule has 0 fully saturated rings. The number of carbonyl (C=O) groups is 1. The maximum absolute atomic E-state index is 11.1. The minimum atomic E-state index is -0.988. The van der Waals surface area contributed by atoms with E-state index >= 15 is 0 Å². The molecule has 0 aromatic carbocycles. The molecular weight excluding hydrogens is 242 g/mol. The van der Waals surface area contributed by atoms with Crippen LogP contribution in [-0.4, -0.2) is 34.1 Å². The van der Waals surface area contributed by atoms with Crippen LogP contribution in [0.5, 0.6) is 0 Å². The zero-order valence-electron chi connectivity index (χ0n) is 11.6. The number of aromatic carboxylic acids is 1. The van der Waals surface area contributed by atoms with E-state index in [2.05, 4.69) is 16.8 Å². The highest BCUT2D eigenvalue weighted by atomic mass is 16.4. The quantitative estimate of drug-likeness (QED) is 0.898. The molecule has 5 heteroatoms. The number of pyridine rings is 1. The molecule has 0 bridgehead atoms. The van der Waals surface area contributed by atoms with Gasteiger partial charge in [0.15, 0.2) is 5.69 Å². The molecular formula is C14H19N3O2. The summed E-state index contributed by atoms with van der Waals surface area (Å²) < 4.78 is 1.83. The Morgan fingerprint density at radius 3 is 2.84 bits per heavy atom. The van der Waals surface area contributed by atoms with Crippen LogP contribution in [0, 0.1) is 6.92 Å². The fourth-order valence-corrected chi connectivity index (χ4v) is 2.13. The summed E-state index contributed by atoms with van der Waals surface area (Å²) in [5, 5.41) is 9.10. The third-order valence-corrected chi connectivity index (χ3v) is 3.29. The average Bonchev–Trinajstić information content (AvgIpc) is 2.73. The molecule has 0 aliphatic carbocycles. The molecule has 0 aliphatic heterocycles. The zero-order valence-corrected chi connectivity index (χ0v) is 11.6. The van der Waals surface area contributed by atoms with E-state index in [0.29, 0.717) is 11.3 Å². The lowest BCUT2D eigenvalue weighted by molar-refractivity contribution is 0.0693. The van der Waals surface area contributed by atoms with Crippen molar-refractivity contribution in [1.29, 1.82) is 0 Å². The first-order chi connectivity index (χ1) is 9.04. The van der Waals surface area contributed by atoms with Gasteiger partial charge in [0.25, 0.3) is 0 Å². The molecule has 2 rings (SSSR count). The molecule has 0 spiro atoms. The smallest absolute Gasteiger partial charge is 0.356 e. The summed E-state index contributed by atoms with van der Waals surface area (Å²) in [6.07, 6.45) is 4.23. The maximum Gasteiger partial charge on any atom is 0.356 e. The number of fused-ring (bicyclic) bond motifs is 1. The van der Waals surface area contributed by atoms with E-state index < -0.39 is 5.97 Å². The predicted octanol–water partition coefficient (Wildman–Crippen LogP) is 2.58. The van der Waals surface area contributed by atoms with Gasteiger partial charge in [-0.1, -0.05) is 13.3 Å². The van der Waals surface area contributed by atoms with E-state index in [1.165, 1.54) is 0 Å². The zero-order chi connectivity index (χ0) is 14.0. The first kappa shape index (κ1) is 13.4. The van der Waals surface area contributed by atoms with Gasteiger partial charge in [0.2, 0.25) is 0 Å². The number of rotatable bonds is 5. The molecule has 0 radical (unpaired) electrons. The van der Waals surface area contributed by atoms with E-state index in [-0.39, 0.29) is 5.69 Å². The summed E-state index contributed by atoms with van der Waals surface area (Å²) in [7, 11) is 2.04. The van der Waals surface area contributed by atoms with Gasteiger partial charge in [0.05, 0.1) is 11.2 Å². The van der Waals surface area contributed by atoms with Gasteiger partial charge < -0.3 is 14.4 Å². The second kappa shape index (κ2) is 5.30. The predicted molar refractivity (Wildman–Crippen MR) is 75.1 cm³/mol.